The van der Waals surface area contributed by atoms with Crippen molar-refractivity contribution in [1.29, 1.82) is 0 Å². The highest BCUT2D eigenvalue weighted by atomic mass is 32.1. The SMILES string of the molecule is CCC(C)(O)CNCc1ccc(C(=O)O)s1. The third-order valence-electron chi connectivity index (χ3n) is 2.44. The van der Waals surface area contributed by atoms with Gasteiger partial charge in [0.25, 0.3) is 0 Å². The minimum absolute atomic E-state index is 0.346. The lowest BCUT2D eigenvalue weighted by Gasteiger charge is -2.21. The van der Waals surface area contributed by atoms with Crippen LogP contribution in [0.2, 0.25) is 0 Å². The maximum absolute atomic E-state index is 10.6. The Hall–Kier alpha value is -0.910. The van der Waals surface area contributed by atoms with Gasteiger partial charge in [0.15, 0.2) is 0 Å². The van der Waals surface area contributed by atoms with Crippen LogP contribution < -0.4 is 5.32 Å². The van der Waals surface area contributed by atoms with Crippen LogP contribution in [0.3, 0.4) is 0 Å². The maximum Gasteiger partial charge on any atom is 0.345 e. The molecule has 0 saturated carbocycles. The van der Waals surface area contributed by atoms with Gasteiger partial charge in [-0.15, -0.1) is 11.3 Å². The fraction of sp³-hybridized carbons (Fsp3) is 0.545. The van der Waals surface area contributed by atoms with Gasteiger partial charge in [0, 0.05) is 18.0 Å². The van der Waals surface area contributed by atoms with E-state index in [9.17, 15) is 9.90 Å². The van der Waals surface area contributed by atoms with Crippen molar-refractivity contribution in [1.82, 2.24) is 5.32 Å². The van der Waals surface area contributed by atoms with Crippen molar-refractivity contribution >= 4 is 17.3 Å². The number of carbonyl (C=O) groups is 1. The molecule has 1 rings (SSSR count). The Morgan fingerprint density at radius 1 is 1.56 bits per heavy atom. The molecule has 0 radical (unpaired) electrons. The second kappa shape index (κ2) is 5.43. The molecule has 1 unspecified atom stereocenters. The highest BCUT2D eigenvalue weighted by Crippen LogP contribution is 2.16. The van der Waals surface area contributed by atoms with Gasteiger partial charge in [-0.2, -0.15) is 0 Å². The summed E-state index contributed by atoms with van der Waals surface area (Å²) >= 11 is 1.26. The highest BCUT2D eigenvalue weighted by Gasteiger charge is 2.16. The Bertz CT molecular complexity index is 360. The second-order valence-corrected chi connectivity index (χ2v) is 5.19. The fourth-order valence-corrected chi connectivity index (χ4v) is 1.98. The van der Waals surface area contributed by atoms with E-state index in [1.807, 2.05) is 6.92 Å². The van der Waals surface area contributed by atoms with E-state index < -0.39 is 11.6 Å². The molecule has 0 aliphatic heterocycles. The van der Waals surface area contributed by atoms with Crippen molar-refractivity contribution in [3.63, 3.8) is 0 Å². The van der Waals surface area contributed by atoms with Crippen LogP contribution in [0.5, 0.6) is 0 Å². The standard InChI is InChI=1S/C11H17NO3S/c1-3-11(2,15)7-12-6-8-4-5-9(16-8)10(13)14/h4-5,12,15H,3,6-7H2,1-2H3,(H,13,14). The van der Waals surface area contributed by atoms with Crippen LogP contribution in [0, 0.1) is 0 Å². The monoisotopic (exact) mass is 243 g/mol. The topological polar surface area (TPSA) is 69.6 Å². The average molecular weight is 243 g/mol. The van der Waals surface area contributed by atoms with Crippen molar-refractivity contribution in [3.8, 4) is 0 Å². The van der Waals surface area contributed by atoms with Crippen LogP contribution in [0.1, 0.15) is 34.8 Å². The first-order valence-corrected chi connectivity index (χ1v) is 6.01. The van der Waals surface area contributed by atoms with Crippen LogP contribution >= 0.6 is 11.3 Å². The van der Waals surface area contributed by atoms with Gasteiger partial charge < -0.3 is 15.5 Å². The Labute approximate surface area is 98.9 Å². The summed E-state index contributed by atoms with van der Waals surface area (Å²) in [5, 5.41) is 21.6. The molecule has 0 bridgehead atoms. The molecule has 1 heterocycles. The van der Waals surface area contributed by atoms with Crippen LogP contribution in [0.15, 0.2) is 12.1 Å². The molecule has 0 amide bonds. The van der Waals surface area contributed by atoms with Gasteiger partial charge in [-0.25, -0.2) is 4.79 Å². The van der Waals surface area contributed by atoms with E-state index in [0.29, 0.717) is 24.4 Å². The van der Waals surface area contributed by atoms with E-state index in [1.54, 1.807) is 19.1 Å². The van der Waals surface area contributed by atoms with Gasteiger partial charge in [-0.3, -0.25) is 0 Å². The molecule has 0 spiro atoms. The first-order valence-electron chi connectivity index (χ1n) is 5.20. The van der Waals surface area contributed by atoms with Gasteiger partial charge in [0.1, 0.15) is 4.88 Å². The van der Waals surface area contributed by atoms with Crippen LogP contribution in [0.4, 0.5) is 0 Å². The number of hydrogen-bond donors (Lipinski definition) is 3. The number of hydrogen-bond acceptors (Lipinski definition) is 4. The van der Waals surface area contributed by atoms with E-state index in [1.165, 1.54) is 11.3 Å². The number of carboxylic acid groups (broad SMARTS) is 1. The molecule has 90 valence electrons. The number of carboxylic acids is 1. The minimum atomic E-state index is -0.892. The first kappa shape index (κ1) is 13.2. The summed E-state index contributed by atoms with van der Waals surface area (Å²) in [6.07, 6.45) is 0.685. The van der Waals surface area contributed by atoms with Crippen molar-refractivity contribution in [3.05, 3.63) is 21.9 Å². The number of aliphatic hydroxyl groups is 1. The quantitative estimate of drug-likeness (QED) is 0.711. The van der Waals surface area contributed by atoms with Crippen molar-refractivity contribution in [2.24, 2.45) is 0 Å². The summed E-state index contributed by atoms with van der Waals surface area (Å²) in [5.74, 6) is -0.892. The molecular weight excluding hydrogens is 226 g/mol. The zero-order chi connectivity index (χ0) is 12.2. The lowest BCUT2D eigenvalue weighted by molar-refractivity contribution is 0.0556. The predicted octanol–water partition coefficient (Wildman–Crippen LogP) is 1.70. The van der Waals surface area contributed by atoms with Crippen LogP contribution in [0.25, 0.3) is 0 Å². The smallest absolute Gasteiger partial charge is 0.345 e. The predicted molar refractivity (Wildman–Crippen MR) is 63.9 cm³/mol. The Morgan fingerprint density at radius 2 is 2.25 bits per heavy atom. The summed E-state index contributed by atoms with van der Waals surface area (Å²) in [5.41, 5.74) is -0.702. The first-order chi connectivity index (χ1) is 7.44. The van der Waals surface area contributed by atoms with Crippen LogP contribution in [-0.2, 0) is 6.54 Å². The van der Waals surface area contributed by atoms with E-state index in [-0.39, 0.29) is 0 Å². The number of aromatic carboxylic acids is 1. The molecule has 3 N–H and O–H groups in total. The molecule has 0 fully saturated rings. The van der Waals surface area contributed by atoms with Gasteiger partial charge in [-0.1, -0.05) is 6.92 Å². The molecule has 16 heavy (non-hydrogen) atoms. The van der Waals surface area contributed by atoms with E-state index in [2.05, 4.69) is 5.32 Å². The lowest BCUT2D eigenvalue weighted by Crippen LogP contribution is -2.36. The Balaban J connectivity index is 2.40. The van der Waals surface area contributed by atoms with E-state index in [4.69, 9.17) is 5.11 Å². The van der Waals surface area contributed by atoms with Crippen LogP contribution in [-0.4, -0.2) is 28.3 Å². The maximum atomic E-state index is 10.6. The summed E-state index contributed by atoms with van der Waals surface area (Å²) in [6.45, 7) is 4.80. The summed E-state index contributed by atoms with van der Waals surface area (Å²) < 4.78 is 0. The van der Waals surface area contributed by atoms with E-state index in [0.717, 1.165) is 4.88 Å². The number of nitrogens with one attached hydrogen (secondary N) is 1. The number of thiophene rings is 1. The zero-order valence-electron chi connectivity index (χ0n) is 9.49. The molecule has 0 aromatic carbocycles. The fourth-order valence-electron chi connectivity index (χ4n) is 1.17. The second-order valence-electron chi connectivity index (χ2n) is 4.03. The molecular formula is C11H17NO3S. The Morgan fingerprint density at radius 3 is 2.75 bits per heavy atom. The van der Waals surface area contributed by atoms with Crippen molar-refractivity contribution < 1.29 is 15.0 Å². The minimum Gasteiger partial charge on any atom is -0.477 e. The third-order valence-corrected chi connectivity index (χ3v) is 3.51. The summed E-state index contributed by atoms with van der Waals surface area (Å²) in [4.78, 5) is 12.0. The van der Waals surface area contributed by atoms with Crippen molar-refractivity contribution in [2.45, 2.75) is 32.4 Å². The third kappa shape index (κ3) is 3.92. The lowest BCUT2D eigenvalue weighted by atomic mass is 10.0. The van der Waals surface area contributed by atoms with Gasteiger partial charge in [0.05, 0.1) is 5.60 Å². The zero-order valence-corrected chi connectivity index (χ0v) is 10.3. The molecule has 0 saturated heterocycles. The molecule has 1 atom stereocenters. The summed E-state index contributed by atoms with van der Waals surface area (Å²) in [7, 11) is 0. The molecule has 1 aromatic heterocycles. The molecule has 4 nitrogen and oxygen atoms in total. The molecule has 0 aliphatic rings. The van der Waals surface area contributed by atoms with E-state index >= 15 is 0 Å². The van der Waals surface area contributed by atoms with Gasteiger partial charge >= 0.3 is 5.97 Å². The number of rotatable bonds is 6. The average Bonchev–Trinajstić information content (AvgIpc) is 2.66. The van der Waals surface area contributed by atoms with Gasteiger partial charge in [-0.05, 0) is 25.5 Å². The summed E-state index contributed by atoms with van der Waals surface area (Å²) in [6, 6.07) is 3.39. The largest absolute Gasteiger partial charge is 0.477 e. The molecule has 1 aromatic rings. The Kier molecular flexibility index (Phi) is 4.46. The normalized spacial score (nSPS) is 14.7. The molecule has 5 heteroatoms. The van der Waals surface area contributed by atoms with Gasteiger partial charge in [0.2, 0.25) is 0 Å². The van der Waals surface area contributed by atoms with Crippen molar-refractivity contribution in [2.75, 3.05) is 6.54 Å². The highest BCUT2D eigenvalue weighted by molar-refractivity contribution is 7.13. The molecule has 0 aliphatic carbocycles.